The third kappa shape index (κ3) is 1.80. The molecule has 0 N–H and O–H groups in total. The zero-order valence-electron chi connectivity index (χ0n) is 5.46. The molecule has 0 amide bonds. The van der Waals surface area contributed by atoms with Crippen molar-refractivity contribution >= 4 is 0 Å². The van der Waals surface area contributed by atoms with Crippen LogP contribution in [-0.4, -0.2) is 9.97 Å². The fraction of sp³-hybridized carbons (Fsp3) is 0.429. The molecule has 1 aromatic rings. The second-order valence-electron chi connectivity index (χ2n) is 1.89. The number of rotatable bonds is 2. The van der Waals surface area contributed by atoms with Gasteiger partial charge < -0.3 is 0 Å². The van der Waals surface area contributed by atoms with Crippen LogP contribution in [-0.2, 0) is 6.42 Å². The summed E-state index contributed by atoms with van der Waals surface area (Å²) in [4.78, 5) is 7.72. The molecule has 1 aromatic heterocycles. The molecular weight excluding hydrogens is 112 g/mol. The second-order valence-corrected chi connectivity index (χ2v) is 1.89. The largest absolute Gasteiger partial charge is 0.241 e. The molecule has 2 heteroatoms. The van der Waals surface area contributed by atoms with E-state index < -0.39 is 0 Å². The van der Waals surface area contributed by atoms with E-state index in [0.717, 1.165) is 18.5 Å². The topological polar surface area (TPSA) is 25.8 Å². The molecule has 1 rings (SSSR count). The maximum Gasteiger partial charge on any atom is 0.116 e. The third-order valence-electron chi connectivity index (χ3n) is 1.09. The highest BCUT2D eigenvalue weighted by molar-refractivity contribution is 4.95. The van der Waals surface area contributed by atoms with Crippen LogP contribution in [0.15, 0.2) is 12.4 Å². The summed E-state index contributed by atoms with van der Waals surface area (Å²) in [5, 5.41) is 0. The Morgan fingerprint density at radius 3 is 3.11 bits per heavy atom. The van der Waals surface area contributed by atoms with Crippen LogP contribution in [0.3, 0.4) is 0 Å². The van der Waals surface area contributed by atoms with E-state index in [1.165, 1.54) is 6.33 Å². The number of aromatic nitrogens is 2. The third-order valence-corrected chi connectivity index (χ3v) is 1.09. The van der Waals surface area contributed by atoms with Gasteiger partial charge in [-0.25, -0.2) is 9.97 Å². The standard InChI is InChI=1S/C7H9N2/c1-2-3-7-4-5-8-6-9-7/h4,6H,2-3H2,1H3. The van der Waals surface area contributed by atoms with E-state index in [2.05, 4.69) is 23.1 Å². The first-order valence-electron chi connectivity index (χ1n) is 3.10. The van der Waals surface area contributed by atoms with Gasteiger partial charge in [0.05, 0.1) is 6.20 Å². The van der Waals surface area contributed by atoms with Gasteiger partial charge in [-0.05, 0) is 12.5 Å². The van der Waals surface area contributed by atoms with Gasteiger partial charge in [0.15, 0.2) is 0 Å². The van der Waals surface area contributed by atoms with Crippen LogP contribution in [0.5, 0.6) is 0 Å². The lowest BCUT2D eigenvalue weighted by atomic mass is 10.2. The van der Waals surface area contributed by atoms with Crippen molar-refractivity contribution in [2.24, 2.45) is 0 Å². The summed E-state index contributed by atoms with van der Waals surface area (Å²) in [6.07, 6.45) is 6.42. The van der Waals surface area contributed by atoms with Crippen molar-refractivity contribution in [3.63, 3.8) is 0 Å². The molecule has 0 aromatic carbocycles. The van der Waals surface area contributed by atoms with Gasteiger partial charge in [0.2, 0.25) is 0 Å². The first-order valence-corrected chi connectivity index (χ1v) is 3.10. The molecular formula is C7H9N2. The van der Waals surface area contributed by atoms with Crippen molar-refractivity contribution < 1.29 is 0 Å². The van der Waals surface area contributed by atoms with Gasteiger partial charge in [0, 0.05) is 5.69 Å². The Bertz CT molecular complexity index is 160. The van der Waals surface area contributed by atoms with E-state index in [0.29, 0.717) is 0 Å². The van der Waals surface area contributed by atoms with Gasteiger partial charge in [-0.3, -0.25) is 0 Å². The summed E-state index contributed by atoms with van der Waals surface area (Å²) >= 11 is 0. The van der Waals surface area contributed by atoms with Gasteiger partial charge in [0.25, 0.3) is 0 Å². The van der Waals surface area contributed by atoms with Crippen LogP contribution in [0.4, 0.5) is 0 Å². The van der Waals surface area contributed by atoms with Crippen molar-refractivity contribution in [3.8, 4) is 0 Å². The van der Waals surface area contributed by atoms with E-state index in [1.807, 2.05) is 6.07 Å². The summed E-state index contributed by atoms with van der Waals surface area (Å²) in [6, 6.07) is 1.82. The lowest BCUT2D eigenvalue weighted by Crippen LogP contribution is -1.87. The van der Waals surface area contributed by atoms with Crippen molar-refractivity contribution in [1.82, 2.24) is 9.97 Å². The predicted octanol–water partition coefficient (Wildman–Crippen LogP) is 1.23. The first-order chi connectivity index (χ1) is 4.43. The van der Waals surface area contributed by atoms with Gasteiger partial charge in [-0.15, -0.1) is 0 Å². The molecule has 0 fully saturated rings. The average molecular weight is 121 g/mol. The van der Waals surface area contributed by atoms with E-state index in [-0.39, 0.29) is 0 Å². The maximum absolute atomic E-state index is 4.03. The Balaban J connectivity index is 2.61. The molecule has 0 aliphatic rings. The molecule has 2 nitrogen and oxygen atoms in total. The lowest BCUT2D eigenvalue weighted by molar-refractivity contribution is 0.871. The number of hydrogen-bond acceptors (Lipinski definition) is 2. The molecule has 1 radical (unpaired) electrons. The second kappa shape index (κ2) is 3.17. The zero-order valence-corrected chi connectivity index (χ0v) is 5.46. The monoisotopic (exact) mass is 121 g/mol. The van der Waals surface area contributed by atoms with Crippen LogP contribution in [0.2, 0.25) is 0 Å². The Kier molecular flexibility index (Phi) is 2.19. The Hall–Kier alpha value is -0.920. The minimum Gasteiger partial charge on any atom is -0.241 e. The van der Waals surface area contributed by atoms with E-state index in [4.69, 9.17) is 0 Å². The van der Waals surface area contributed by atoms with Gasteiger partial charge in [-0.1, -0.05) is 13.3 Å². The molecule has 0 aliphatic carbocycles. The Labute approximate surface area is 55.0 Å². The minimum atomic E-state index is 1.03. The molecule has 9 heavy (non-hydrogen) atoms. The van der Waals surface area contributed by atoms with Crippen LogP contribution in [0.25, 0.3) is 0 Å². The highest BCUT2D eigenvalue weighted by Gasteiger charge is 1.87. The summed E-state index contributed by atoms with van der Waals surface area (Å²) in [7, 11) is 0. The molecule has 0 atom stereocenters. The predicted molar refractivity (Wildman–Crippen MR) is 34.9 cm³/mol. The quantitative estimate of drug-likeness (QED) is 0.588. The summed E-state index contributed by atoms with van der Waals surface area (Å²) < 4.78 is 0. The first kappa shape index (κ1) is 6.20. The average Bonchev–Trinajstić information content (AvgIpc) is 1.91. The summed E-state index contributed by atoms with van der Waals surface area (Å²) in [6.45, 7) is 2.13. The number of hydrogen-bond donors (Lipinski definition) is 0. The van der Waals surface area contributed by atoms with Crippen molar-refractivity contribution in [2.45, 2.75) is 19.8 Å². The fourth-order valence-electron chi connectivity index (χ4n) is 0.678. The van der Waals surface area contributed by atoms with Crippen LogP contribution >= 0.6 is 0 Å². The minimum absolute atomic E-state index is 1.03. The van der Waals surface area contributed by atoms with Crippen molar-refractivity contribution in [3.05, 3.63) is 24.3 Å². The van der Waals surface area contributed by atoms with Crippen LogP contribution in [0.1, 0.15) is 19.0 Å². The maximum atomic E-state index is 4.03. The normalized spacial score (nSPS) is 9.44. The Morgan fingerprint density at radius 1 is 1.67 bits per heavy atom. The van der Waals surface area contributed by atoms with Gasteiger partial charge >= 0.3 is 0 Å². The molecule has 0 bridgehead atoms. The molecule has 1 heterocycles. The van der Waals surface area contributed by atoms with Gasteiger partial charge in [0.1, 0.15) is 6.33 Å². The van der Waals surface area contributed by atoms with E-state index in [9.17, 15) is 0 Å². The van der Waals surface area contributed by atoms with Crippen LogP contribution < -0.4 is 0 Å². The Morgan fingerprint density at radius 2 is 2.56 bits per heavy atom. The van der Waals surface area contributed by atoms with Crippen LogP contribution in [0, 0.1) is 6.20 Å². The molecule has 0 spiro atoms. The molecule has 0 saturated carbocycles. The van der Waals surface area contributed by atoms with Gasteiger partial charge in [-0.2, -0.15) is 0 Å². The molecule has 0 unspecified atom stereocenters. The number of aryl methyl sites for hydroxylation is 1. The molecule has 47 valence electrons. The van der Waals surface area contributed by atoms with Crippen molar-refractivity contribution in [1.29, 1.82) is 0 Å². The molecule has 0 saturated heterocycles. The summed E-state index contributed by atoms with van der Waals surface area (Å²) in [5.41, 5.74) is 1.08. The SMILES string of the molecule is CCCc1c[c]ncn1. The smallest absolute Gasteiger partial charge is 0.116 e. The summed E-state index contributed by atoms with van der Waals surface area (Å²) in [5.74, 6) is 0. The highest BCUT2D eigenvalue weighted by atomic mass is 14.8. The molecule has 0 aliphatic heterocycles. The lowest BCUT2D eigenvalue weighted by Gasteiger charge is -1.91. The van der Waals surface area contributed by atoms with E-state index in [1.54, 1.807) is 0 Å². The fourth-order valence-corrected chi connectivity index (χ4v) is 0.678. The number of nitrogens with zero attached hydrogens (tertiary/aromatic N) is 2. The zero-order chi connectivity index (χ0) is 6.53. The van der Waals surface area contributed by atoms with E-state index >= 15 is 0 Å². The van der Waals surface area contributed by atoms with Crippen molar-refractivity contribution in [2.75, 3.05) is 0 Å². The highest BCUT2D eigenvalue weighted by Crippen LogP contribution is 1.93.